The molecule has 1 unspecified atom stereocenters. The molecule has 0 heterocycles. The molecular weight excluding hydrogens is 189 g/mol. The van der Waals surface area contributed by atoms with Gasteiger partial charge in [-0.2, -0.15) is 13.2 Å². The lowest BCUT2D eigenvalue weighted by Gasteiger charge is -2.13. The van der Waals surface area contributed by atoms with Crippen molar-refractivity contribution in [1.29, 1.82) is 0 Å². The largest absolute Gasteiger partial charge is 0.389 e. The summed E-state index contributed by atoms with van der Waals surface area (Å²) in [7, 11) is 0. The molecule has 0 amide bonds. The quantitative estimate of drug-likeness (QED) is 0.553. The average molecular weight is 210 g/mol. The summed E-state index contributed by atoms with van der Waals surface area (Å²) < 4.78 is 35.8. The molecule has 0 bridgehead atoms. The van der Waals surface area contributed by atoms with E-state index in [0.717, 1.165) is 19.3 Å². The zero-order chi connectivity index (χ0) is 11.2. The lowest BCUT2D eigenvalue weighted by atomic mass is 9.97. The molecule has 0 saturated heterocycles. The van der Waals surface area contributed by atoms with Crippen LogP contribution < -0.4 is 0 Å². The molecule has 0 N–H and O–H groups in total. The van der Waals surface area contributed by atoms with Crippen molar-refractivity contribution in [2.75, 3.05) is 0 Å². The van der Waals surface area contributed by atoms with E-state index >= 15 is 0 Å². The fourth-order valence-corrected chi connectivity index (χ4v) is 1.54. The number of hydrogen-bond acceptors (Lipinski definition) is 0. The first-order valence-corrected chi connectivity index (χ1v) is 5.38. The van der Waals surface area contributed by atoms with E-state index in [1.54, 1.807) is 6.92 Å². The van der Waals surface area contributed by atoms with Gasteiger partial charge in [-0.25, -0.2) is 0 Å². The zero-order valence-electron chi connectivity index (χ0n) is 9.32. The van der Waals surface area contributed by atoms with Gasteiger partial charge in [0.15, 0.2) is 0 Å². The zero-order valence-corrected chi connectivity index (χ0v) is 9.32. The van der Waals surface area contributed by atoms with Gasteiger partial charge in [0.1, 0.15) is 0 Å². The van der Waals surface area contributed by atoms with Crippen LogP contribution in [0.15, 0.2) is 0 Å². The third-order valence-electron chi connectivity index (χ3n) is 2.31. The Morgan fingerprint density at radius 3 is 1.86 bits per heavy atom. The fraction of sp³-hybridized carbons (Fsp3) is 1.00. The standard InChI is InChI=1S/C11H21F3/c1-9(2)6-4-5-7-10(3)8-11(12,13)14/h9-10H,4-8H2,1-3H3. The fourth-order valence-electron chi connectivity index (χ4n) is 1.54. The maximum atomic E-state index is 11.9. The molecule has 86 valence electrons. The highest BCUT2D eigenvalue weighted by Gasteiger charge is 2.29. The molecular formula is C11H21F3. The molecule has 0 aromatic heterocycles. The summed E-state index contributed by atoms with van der Waals surface area (Å²) in [5, 5.41) is 0. The van der Waals surface area contributed by atoms with E-state index in [9.17, 15) is 13.2 Å². The topological polar surface area (TPSA) is 0 Å². The Morgan fingerprint density at radius 1 is 0.929 bits per heavy atom. The highest BCUT2D eigenvalue weighted by atomic mass is 19.4. The Labute approximate surface area is 84.9 Å². The van der Waals surface area contributed by atoms with Gasteiger partial charge in [-0.15, -0.1) is 0 Å². The third-order valence-corrected chi connectivity index (χ3v) is 2.31. The molecule has 0 fully saturated rings. The molecule has 0 spiro atoms. The molecule has 0 saturated carbocycles. The first-order valence-electron chi connectivity index (χ1n) is 5.38. The molecule has 0 aromatic rings. The molecule has 1 atom stereocenters. The Hall–Kier alpha value is -0.210. The van der Waals surface area contributed by atoms with Crippen LogP contribution in [0.25, 0.3) is 0 Å². The number of rotatable bonds is 6. The van der Waals surface area contributed by atoms with Crippen LogP contribution in [-0.4, -0.2) is 6.18 Å². The summed E-state index contributed by atoms with van der Waals surface area (Å²) in [4.78, 5) is 0. The second kappa shape index (κ2) is 6.31. The summed E-state index contributed by atoms with van der Waals surface area (Å²) in [5.41, 5.74) is 0. The molecule has 0 aliphatic rings. The molecule has 0 rings (SSSR count). The molecule has 0 nitrogen and oxygen atoms in total. The van der Waals surface area contributed by atoms with Crippen LogP contribution in [0.5, 0.6) is 0 Å². The molecule has 3 heteroatoms. The van der Waals surface area contributed by atoms with Crippen LogP contribution in [0, 0.1) is 11.8 Å². The maximum Gasteiger partial charge on any atom is 0.389 e. The number of unbranched alkanes of at least 4 members (excludes halogenated alkanes) is 1. The Morgan fingerprint density at radius 2 is 1.43 bits per heavy atom. The van der Waals surface area contributed by atoms with Crippen LogP contribution in [0.2, 0.25) is 0 Å². The summed E-state index contributed by atoms with van der Waals surface area (Å²) in [6.45, 7) is 5.96. The van der Waals surface area contributed by atoms with Crippen LogP contribution in [0.1, 0.15) is 52.9 Å². The average Bonchev–Trinajstić information content (AvgIpc) is 1.94. The van der Waals surface area contributed by atoms with Crippen molar-refractivity contribution in [3.63, 3.8) is 0 Å². The first-order chi connectivity index (χ1) is 6.31. The van der Waals surface area contributed by atoms with Crippen LogP contribution in [0.4, 0.5) is 13.2 Å². The van der Waals surface area contributed by atoms with E-state index in [0.29, 0.717) is 12.3 Å². The minimum atomic E-state index is -3.99. The normalized spacial score (nSPS) is 14.8. The monoisotopic (exact) mass is 210 g/mol. The van der Waals surface area contributed by atoms with Crippen molar-refractivity contribution in [2.45, 2.75) is 59.1 Å². The predicted molar refractivity (Wildman–Crippen MR) is 53.1 cm³/mol. The van der Waals surface area contributed by atoms with Crippen LogP contribution in [-0.2, 0) is 0 Å². The number of alkyl halides is 3. The highest BCUT2D eigenvalue weighted by molar-refractivity contribution is 4.60. The Bertz CT molecular complexity index is 138. The van der Waals surface area contributed by atoms with Crippen molar-refractivity contribution in [3.05, 3.63) is 0 Å². The van der Waals surface area contributed by atoms with Gasteiger partial charge < -0.3 is 0 Å². The number of halogens is 3. The second-order valence-electron chi connectivity index (χ2n) is 4.60. The van der Waals surface area contributed by atoms with Crippen molar-refractivity contribution in [1.82, 2.24) is 0 Å². The molecule has 0 radical (unpaired) electrons. The van der Waals surface area contributed by atoms with Gasteiger partial charge in [-0.05, 0) is 11.8 Å². The van der Waals surface area contributed by atoms with E-state index in [1.165, 1.54) is 0 Å². The summed E-state index contributed by atoms with van der Waals surface area (Å²) >= 11 is 0. The lowest BCUT2D eigenvalue weighted by molar-refractivity contribution is -0.143. The van der Waals surface area contributed by atoms with Gasteiger partial charge in [0.25, 0.3) is 0 Å². The third kappa shape index (κ3) is 9.87. The lowest BCUT2D eigenvalue weighted by Crippen LogP contribution is -2.12. The second-order valence-corrected chi connectivity index (χ2v) is 4.60. The van der Waals surface area contributed by atoms with Gasteiger partial charge >= 0.3 is 6.18 Å². The van der Waals surface area contributed by atoms with E-state index in [1.807, 2.05) is 0 Å². The van der Waals surface area contributed by atoms with Gasteiger partial charge in [0.2, 0.25) is 0 Å². The van der Waals surface area contributed by atoms with Gasteiger partial charge in [-0.3, -0.25) is 0 Å². The van der Waals surface area contributed by atoms with E-state index in [-0.39, 0.29) is 5.92 Å². The number of hydrogen-bond donors (Lipinski definition) is 0. The summed E-state index contributed by atoms with van der Waals surface area (Å²) in [5.74, 6) is 0.440. The van der Waals surface area contributed by atoms with Crippen LogP contribution in [0.3, 0.4) is 0 Å². The summed E-state index contributed by atoms with van der Waals surface area (Å²) in [6.07, 6.45) is -0.813. The van der Waals surface area contributed by atoms with Crippen molar-refractivity contribution in [3.8, 4) is 0 Å². The minimum absolute atomic E-state index is 0.220. The van der Waals surface area contributed by atoms with Crippen molar-refractivity contribution in [2.24, 2.45) is 11.8 Å². The Kier molecular flexibility index (Phi) is 6.21. The maximum absolute atomic E-state index is 11.9. The molecule has 14 heavy (non-hydrogen) atoms. The smallest absolute Gasteiger partial charge is 0.171 e. The highest BCUT2D eigenvalue weighted by Crippen LogP contribution is 2.27. The van der Waals surface area contributed by atoms with Crippen molar-refractivity contribution >= 4 is 0 Å². The van der Waals surface area contributed by atoms with Gasteiger partial charge in [0.05, 0.1) is 0 Å². The molecule has 0 aliphatic heterocycles. The first kappa shape index (κ1) is 13.8. The molecule has 0 aliphatic carbocycles. The van der Waals surface area contributed by atoms with Gasteiger partial charge in [0, 0.05) is 6.42 Å². The van der Waals surface area contributed by atoms with E-state index in [2.05, 4.69) is 13.8 Å². The summed E-state index contributed by atoms with van der Waals surface area (Å²) in [6, 6.07) is 0. The molecule has 0 aromatic carbocycles. The van der Waals surface area contributed by atoms with Crippen LogP contribution >= 0.6 is 0 Å². The van der Waals surface area contributed by atoms with Gasteiger partial charge in [-0.1, -0.05) is 46.5 Å². The predicted octanol–water partition coefficient (Wildman–Crippen LogP) is 4.79. The van der Waals surface area contributed by atoms with E-state index in [4.69, 9.17) is 0 Å². The Balaban J connectivity index is 3.40. The van der Waals surface area contributed by atoms with Crippen molar-refractivity contribution < 1.29 is 13.2 Å². The minimum Gasteiger partial charge on any atom is -0.171 e. The SMILES string of the molecule is CC(C)CCCCC(C)CC(F)(F)F. The van der Waals surface area contributed by atoms with E-state index < -0.39 is 12.6 Å².